The minimum absolute atomic E-state index is 0.321. The number of aromatic nitrogens is 3. The molecule has 12 nitrogen and oxygen atoms in total. The SMILES string of the molecule is [C-]#[N+]c1cc(C#N)cc(-c2ccc3c(c2)c2cc(-c4cc(C#N)cc(C#N)c4)ccc2n3-c2cncc(-n3c4ccc(-c5cc(C#N)cc([N+]#[C-])c5)cc4c4cc(-c5cc([N+]#[C-])cc([N+]#[C-])c5)ccc43)c2-c2ccccc2C#N)c1. The second kappa shape index (κ2) is 19.4. The van der Waals surface area contributed by atoms with Crippen LogP contribution in [0.1, 0.15) is 27.8 Å². The number of nitriles is 5. The molecule has 0 radical (unpaired) electrons. The lowest BCUT2D eigenvalue weighted by Gasteiger charge is -2.20. The van der Waals surface area contributed by atoms with E-state index in [9.17, 15) is 26.3 Å². The van der Waals surface area contributed by atoms with E-state index in [2.05, 4.69) is 58.9 Å². The summed E-state index contributed by atoms with van der Waals surface area (Å²) in [5.74, 6) is 0. The van der Waals surface area contributed by atoms with Crippen LogP contribution in [0, 0.1) is 82.9 Å². The lowest BCUT2D eigenvalue weighted by Crippen LogP contribution is -2.05. The molecule has 12 rings (SSSR count). The molecule has 0 unspecified atom stereocenters. The van der Waals surface area contributed by atoms with Gasteiger partial charge in [-0.25, -0.2) is 19.4 Å². The lowest BCUT2D eigenvalue weighted by atomic mass is 9.97. The first-order valence-corrected chi connectivity index (χ1v) is 24.5. The predicted octanol–water partition coefficient (Wildman–Crippen LogP) is 17.2. The van der Waals surface area contributed by atoms with Crippen molar-refractivity contribution in [1.29, 1.82) is 26.3 Å². The zero-order chi connectivity index (χ0) is 55.2. The first kappa shape index (κ1) is 48.1. The molecule has 0 saturated carbocycles. The van der Waals surface area contributed by atoms with Gasteiger partial charge in [-0.15, -0.1) is 0 Å². The molecule has 362 valence electrons. The molecular formula is C68H30N12. The van der Waals surface area contributed by atoms with Crippen LogP contribution in [0.25, 0.3) is 130 Å². The average Bonchev–Trinajstić information content (AvgIpc) is 4.25. The van der Waals surface area contributed by atoms with Crippen molar-refractivity contribution in [2.45, 2.75) is 0 Å². The molecule has 9 aromatic carbocycles. The molecule has 12 heteroatoms. The quantitative estimate of drug-likeness (QED) is 0.145. The second-order valence-electron chi connectivity index (χ2n) is 18.8. The molecule has 0 aliphatic rings. The Kier molecular flexibility index (Phi) is 11.7. The Morgan fingerprint density at radius 3 is 1.04 bits per heavy atom. The van der Waals surface area contributed by atoms with E-state index in [0.717, 1.165) is 65.9 Å². The topological polar surface area (TPSA) is 159 Å². The van der Waals surface area contributed by atoms with Gasteiger partial charge in [0.1, 0.15) is 0 Å². The van der Waals surface area contributed by atoms with Crippen LogP contribution in [-0.4, -0.2) is 14.1 Å². The number of benzene rings is 9. The Balaban J connectivity index is 1.18. The van der Waals surface area contributed by atoms with Crippen LogP contribution in [0.4, 0.5) is 22.7 Å². The minimum atomic E-state index is 0.321. The third-order valence-corrected chi connectivity index (χ3v) is 14.3. The molecule has 0 atom stereocenters. The van der Waals surface area contributed by atoms with Gasteiger partial charge >= 0.3 is 0 Å². The zero-order valence-electron chi connectivity index (χ0n) is 41.7. The van der Waals surface area contributed by atoms with Crippen molar-refractivity contribution in [3.8, 4) is 97.4 Å². The van der Waals surface area contributed by atoms with Gasteiger partial charge in [0.05, 0.1) is 119 Å². The van der Waals surface area contributed by atoms with Gasteiger partial charge in [-0.05, 0) is 154 Å². The van der Waals surface area contributed by atoms with Crippen LogP contribution in [-0.2, 0) is 0 Å². The summed E-state index contributed by atoms with van der Waals surface area (Å²) in [5.41, 5.74) is 14.4. The molecule has 80 heavy (non-hydrogen) atoms. The first-order chi connectivity index (χ1) is 39.2. The minimum Gasteiger partial charge on any atom is -0.307 e. The van der Waals surface area contributed by atoms with E-state index in [1.807, 2.05) is 91.0 Å². The maximum atomic E-state index is 10.9. The molecule has 0 spiro atoms. The summed E-state index contributed by atoms with van der Waals surface area (Å²) in [4.78, 5) is 19.7. The summed E-state index contributed by atoms with van der Waals surface area (Å²) in [6, 6.07) is 62.7. The number of hydrogen-bond acceptors (Lipinski definition) is 6. The summed E-state index contributed by atoms with van der Waals surface area (Å²) in [6.07, 6.45) is 3.56. The summed E-state index contributed by atoms with van der Waals surface area (Å²) >= 11 is 0. The molecule has 3 aromatic heterocycles. The van der Waals surface area contributed by atoms with Crippen molar-refractivity contribution in [3.05, 3.63) is 256 Å². The Labute approximate surface area is 457 Å². The highest BCUT2D eigenvalue weighted by Crippen LogP contribution is 2.46. The van der Waals surface area contributed by atoms with Crippen LogP contribution in [0.5, 0.6) is 0 Å². The molecule has 0 N–H and O–H groups in total. The maximum Gasteiger partial charge on any atom is 0.189 e. The highest BCUT2D eigenvalue weighted by atomic mass is 15.0. The van der Waals surface area contributed by atoms with Gasteiger partial charge in [0.15, 0.2) is 22.7 Å². The summed E-state index contributed by atoms with van der Waals surface area (Å²) in [7, 11) is 0. The van der Waals surface area contributed by atoms with Gasteiger partial charge in [0.2, 0.25) is 0 Å². The van der Waals surface area contributed by atoms with Crippen LogP contribution < -0.4 is 0 Å². The Morgan fingerprint density at radius 1 is 0.338 bits per heavy atom. The summed E-state index contributed by atoms with van der Waals surface area (Å²) in [5, 5.41) is 54.1. The number of pyridine rings is 1. The van der Waals surface area contributed by atoms with Crippen molar-refractivity contribution in [1.82, 2.24) is 14.1 Å². The Hall–Kier alpha value is -12.9. The van der Waals surface area contributed by atoms with E-state index in [0.29, 0.717) is 95.3 Å². The molecule has 0 fully saturated rings. The first-order valence-electron chi connectivity index (χ1n) is 24.5. The van der Waals surface area contributed by atoms with E-state index >= 15 is 0 Å². The fraction of sp³-hybridized carbons (Fsp3) is 0. The largest absolute Gasteiger partial charge is 0.307 e. The number of fused-ring (bicyclic) bond motifs is 6. The van der Waals surface area contributed by atoms with E-state index in [1.165, 1.54) is 0 Å². The van der Waals surface area contributed by atoms with E-state index < -0.39 is 0 Å². The Bertz CT molecular complexity index is 4460. The van der Waals surface area contributed by atoms with Gasteiger partial charge in [0.25, 0.3) is 0 Å². The molecule has 0 bridgehead atoms. The normalized spacial score (nSPS) is 10.6. The lowest BCUT2D eigenvalue weighted by molar-refractivity contribution is 1.09. The van der Waals surface area contributed by atoms with Crippen molar-refractivity contribution < 1.29 is 0 Å². The fourth-order valence-corrected chi connectivity index (χ4v) is 10.8. The van der Waals surface area contributed by atoms with Crippen molar-refractivity contribution in [3.63, 3.8) is 0 Å². The molecule has 3 heterocycles. The van der Waals surface area contributed by atoms with Gasteiger partial charge < -0.3 is 9.13 Å². The number of rotatable bonds is 7. The molecule has 0 aliphatic heterocycles. The summed E-state index contributed by atoms with van der Waals surface area (Å²) < 4.78 is 4.23. The molecular weight excluding hydrogens is 985 g/mol. The van der Waals surface area contributed by atoms with E-state index in [-0.39, 0.29) is 0 Å². The third kappa shape index (κ3) is 8.08. The fourth-order valence-electron chi connectivity index (χ4n) is 10.8. The molecule has 12 aromatic rings. The van der Waals surface area contributed by atoms with Gasteiger partial charge in [-0.1, -0.05) is 60.7 Å². The van der Waals surface area contributed by atoms with Crippen LogP contribution in [0.2, 0.25) is 0 Å². The monoisotopic (exact) mass is 1010 g/mol. The number of hydrogen-bond donors (Lipinski definition) is 0. The standard InChI is InChI=1S/C68H30N12/c1-74-53-22-42(35-71)20-50(24-53)45-10-14-63-59(29-45)58-28-44(49-18-40(33-69)17-41(19-49)34-70)9-13-62(58)79(63)66-38-78-39-67(68(66)57-8-6-5-7-48(57)37-73)80-64-15-11-46(51-21-43(36-72)23-54(25-51)75-2)30-60(64)61-31-47(12-16-65(61)80)52-26-55(76-3)32-56(27-52)77-4/h5-32,38-39H. The average molecular weight is 1020 g/mol. The predicted molar refractivity (Wildman–Crippen MR) is 309 cm³/mol. The third-order valence-electron chi connectivity index (χ3n) is 14.3. The van der Waals surface area contributed by atoms with Crippen LogP contribution >= 0.6 is 0 Å². The number of nitrogens with zero attached hydrogens (tertiary/aromatic N) is 12. The molecule has 0 saturated heterocycles. The molecule has 0 aliphatic carbocycles. The Morgan fingerprint density at radius 2 is 0.675 bits per heavy atom. The van der Waals surface area contributed by atoms with Crippen LogP contribution in [0.3, 0.4) is 0 Å². The molecule has 0 amide bonds. The highest BCUT2D eigenvalue weighted by Gasteiger charge is 2.25. The second-order valence-corrected chi connectivity index (χ2v) is 18.8. The van der Waals surface area contributed by atoms with E-state index in [4.69, 9.17) is 31.3 Å². The maximum absolute atomic E-state index is 10.9. The highest BCUT2D eigenvalue weighted by molar-refractivity contribution is 6.14. The van der Waals surface area contributed by atoms with Crippen molar-refractivity contribution in [2.24, 2.45) is 0 Å². The van der Waals surface area contributed by atoms with E-state index in [1.54, 1.807) is 91.3 Å². The summed E-state index contributed by atoms with van der Waals surface area (Å²) in [6.45, 7) is 31.2. The van der Waals surface area contributed by atoms with Gasteiger partial charge in [-0.2, -0.15) is 26.3 Å². The van der Waals surface area contributed by atoms with Gasteiger partial charge in [0, 0.05) is 43.8 Å². The van der Waals surface area contributed by atoms with Crippen LogP contribution in [0.15, 0.2) is 182 Å². The zero-order valence-corrected chi connectivity index (χ0v) is 41.7. The smallest absolute Gasteiger partial charge is 0.189 e. The van der Waals surface area contributed by atoms with Crippen molar-refractivity contribution in [2.75, 3.05) is 0 Å². The van der Waals surface area contributed by atoms with Crippen molar-refractivity contribution >= 4 is 66.4 Å². The van der Waals surface area contributed by atoms with Gasteiger partial charge in [-0.3, -0.25) is 4.98 Å².